The van der Waals surface area contributed by atoms with E-state index < -0.39 is 0 Å². The largest absolute Gasteiger partial charge is 0.489 e. The zero-order valence-corrected chi connectivity index (χ0v) is 18.2. The number of benzene rings is 1. The van der Waals surface area contributed by atoms with Gasteiger partial charge in [-0.1, -0.05) is 44.2 Å². The maximum atomic E-state index is 13.1. The molecule has 29 heavy (non-hydrogen) atoms. The highest BCUT2D eigenvalue weighted by Crippen LogP contribution is 2.42. The fraction of sp³-hybridized carbons (Fsp3) is 0.652. The molecule has 2 N–H and O–H groups in total. The third-order valence-electron chi connectivity index (χ3n) is 6.09. The summed E-state index contributed by atoms with van der Waals surface area (Å²) >= 11 is 0. The Morgan fingerprint density at radius 3 is 2.76 bits per heavy atom. The van der Waals surface area contributed by atoms with Crippen LogP contribution in [0.2, 0.25) is 0 Å². The molecule has 0 aromatic heterocycles. The molecule has 3 rings (SSSR count). The predicted octanol–water partition coefficient (Wildman–Crippen LogP) is 3.98. The number of ether oxygens (including phenoxy) is 2. The van der Waals surface area contributed by atoms with Gasteiger partial charge in [0.25, 0.3) is 0 Å². The molecule has 1 saturated carbocycles. The highest BCUT2D eigenvalue weighted by Gasteiger charge is 2.33. The first-order chi connectivity index (χ1) is 13.8. The summed E-state index contributed by atoms with van der Waals surface area (Å²) in [7, 11) is 3.31. The summed E-state index contributed by atoms with van der Waals surface area (Å²) in [5.74, 6) is 1.83. The fourth-order valence-electron chi connectivity index (χ4n) is 4.51. The average molecular weight is 402 g/mol. The molecule has 1 aromatic carbocycles. The van der Waals surface area contributed by atoms with Crippen LogP contribution >= 0.6 is 0 Å². The molecule has 1 fully saturated rings. The topological polar surface area (TPSA) is 74.7 Å². The second-order valence-corrected chi connectivity index (χ2v) is 9.03. The van der Waals surface area contributed by atoms with Gasteiger partial charge >= 0.3 is 0 Å². The Morgan fingerprint density at radius 2 is 2.07 bits per heavy atom. The number of hydrogen-bond acceptors (Lipinski definition) is 4. The standard InChI is InChI=1S/C23H35N3O3/c1-23(2)14-17-11-8-12-19(20(17)29-23)28-15-18(13-16-9-6-5-7-10-16)21(27)26(4)22(24)25-3/h8,11-12,16,18H,5-7,9-10,13-15H2,1-4H3,(H2,24,25). The van der Waals surface area contributed by atoms with E-state index in [1.54, 1.807) is 14.1 Å². The number of amides is 1. The molecule has 160 valence electrons. The zero-order valence-electron chi connectivity index (χ0n) is 18.2. The molecule has 2 aliphatic rings. The van der Waals surface area contributed by atoms with Crippen molar-refractivity contribution in [1.82, 2.24) is 10.2 Å². The van der Waals surface area contributed by atoms with E-state index in [1.165, 1.54) is 37.0 Å². The molecule has 0 radical (unpaired) electrons. The van der Waals surface area contributed by atoms with Crippen molar-refractivity contribution < 1.29 is 14.3 Å². The minimum atomic E-state index is -0.276. The Bertz CT molecular complexity index is 741. The quantitative estimate of drug-likeness (QED) is 0.559. The number of carbonyl (C=O) groups excluding carboxylic acids is 1. The molecular weight excluding hydrogens is 366 g/mol. The predicted molar refractivity (Wildman–Crippen MR) is 115 cm³/mol. The summed E-state index contributed by atoms with van der Waals surface area (Å²) in [5, 5.41) is 10.7. The van der Waals surface area contributed by atoms with Crippen molar-refractivity contribution in [2.75, 3.05) is 20.7 Å². The molecule has 6 heteroatoms. The van der Waals surface area contributed by atoms with Gasteiger partial charge in [0.2, 0.25) is 5.91 Å². The smallest absolute Gasteiger partial charge is 0.235 e. The van der Waals surface area contributed by atoms with E-state index in [2.05, 4.69) is 25.2 Å². The molecule has 0 bridgehead atoms. The second-order valence-electron chi connectivity index (χ2n) is 9.03. The molecular formula is C23H35N3O3. The third kappa shape index (κ3) is 5.22. The van der Waals surface area contributed by atoms with Crippen LogP contribution in [0.4, 0.5) is 0 Å². The van der Waals surface area contributed by atoms with Crippen molar-refractivity contribution >= 4 is 11.9 Å². The van der Waals surface area contributed by atoms with Crippen LogP contribution in [0, 0.1) is 17.2 Å². The minimum Gasteiger partial charge on any atom is -0.489 e. The molecule has 1 aliphatic carbocycles. The Labute approximate surface area is 174 Å². The van der Waals surface area contributed by atoms with Crippen LogP contribution in [0.25, 0.3) is 0 Å². The van der Waals surface area contributed by atoms with Gasteiger partial charge in [-0.3, -0.25) is 15.1 Å². The van der Waals surface area contributed by atoms with E-state index in [9.17, 15) is 4.79 Å². The SMILES string of the molecule is CNC(=N)N(C)C(=O)C(COc1cccc2c1OC(C)(C)C2)CC1CCCCC1. The number of fused-ring (bicyclic) bond motifs is 1. The van der Waals surface area contributed by atoms with Crippen molar-refractivity contribution in [1.29, 1.82) is 5.41 Å². The van der Waals surface area contributed by atoms with Crippen LogP contribution in [0.5, 0.6) is 11.5 Å². The third-order valence-corrected chi connectivity index (χ3v) is 6.09. The fourth-order valence-corrected chi connectivity index (χ4v) is 4.51. The number of hydrogen-bond donors (Lipinski definition) is 2. The van der Waals surface area contributed by atoms with Gasteiger partial charge in [-0.15, -0.1) is 0 Å². The zero-order chi connectivity index (χ0) is 21.0. The summed E-state index contributed by atoms with van der Waals surface area (Å²) in [6.45, 7) is 4.45. The lowest BCUT2D eigenvalue weighted by Crippen LogP contribution is -2.44. The van der Waals surface area contributed by atoms with Gasteiger partial charge in [0.05, 0.1) is 5.92 Å². The molecule has 1 aromatic rings. The molecule has 1 unspecified atom stereocenters. The summed E-state index contributed by atoms with van der Waals surface area (Å²) in [6.07, 6.45) is 7.78. The molecule has 1 aliphatic heterocycles. The van der Waals surface area contributed by atoms with Crippen molar-refractivity contribution in [3.05, 3.63) is 23.8 Å². The lowest BCUT2D eigenvalue weighted by Gasteiger charge is -2.29. The molecule has 0 saturated heterocycles. The summed E-state index contributed by atoms with van der Waals surface area (Å²) in [4.78, 5) is 14.5. The Hall–Kier alpha value is -2.24. The van der Waals surface area contributed by atoms with Crippen LogP contribution in [-0.2, 0) is 11.2 Å². The molecule has 1 amide bonds. The first kappa shape index (κ1) is 21.5. The van der Waals surface area contributed by atoms with Crippen LogP contribution in [0.3, 0.4) is 0 Å². The number of nitrogens with one attached hydrogen (secondary N) is 2. The summed E-state index contributed by atoms with van der Waals surface area (Å²) in [5.41, 5.74) is 0.915. The first-order valence-corrected chi connectivity index (χ1v) is 10.8. The number of guanidine groups is 1. The van der Waals surface area contributed by atoms with Gasteiger partial charge in [0.1, 0.15) is 12.2 Å². The Morgan fingerprint density at radius 1 is 1.34 bits per heavy atom. The number of carbonyl (C=O) groups is 1. The van der Waals surface area contributed by atoms with E-state index in [4.69, 9.17) is 14.9 Å². The number of para-hydroxylation sites is 1. The molecule has 1 atom stereocenters. The number of nitrogens with zero attached hydrogens (tertiary/aromatic N) is 1. The second kappa shape index (κ2) is 9.06. The van der Waals surface area contributed by atoms with E-state index in [1.807, 2.05) is 12.1 Å². The van der Waals surface area contributed by atoms with Gasteiger partial charge in [-0.25, -0.2) is 0 Å². The van der Waals surface area contributed by atoms with E-state index >= 15 is 0 Å². The molecule has 1 heterocycles. The molecule has 0 spiro atoms. The van der Waals surface area contributed by atoms with Gasteiger partial charge in [0, 0.05) is 26.1 Å². The minimum absolute atomic E-state index is 0.0660. The van der Waals surface area contributed by atoms with Gasteiger partial charge in [0.15, 0.2) is 17.5 Å². The van der Waals surface area contributed by atoms with Crippen LogP contribution in [0.15, 0.2) is 18.2 Å². The van der Waals surface area contributed by atoms with Gasteiger partial charge in [-0.05, 0) is 32.3 Å². The van der Waals surface area contributed by atoms with Crippen LogP contribution in [0.1, 0.15) is 57.9 Å². The first-order valence-electron chi connectivity index (χ1n) is 10.8. The Balaban J connectivity index is 1.72. The summed E-state index contributed by atoms with van der Waals surface area (Å²) in [6, 6.07) is 5.98. The lowest BCUT2D eigenvalue weighted by molar-refractivity contribution is -0.132. The summed E-state index contributed by atoms with van der Waals surface area (Å²) < 4.78 is 12.3. The lowest BCUT2D eigenvalue weighted by atomic mass is 9.82. The van der Waals surface area contributed by atoms with Crippen molar-refractivity contribution in [2.45, 2.75) is 64.4 Å². The van der Waals surface area contributed by atoms with E-state index in [0.29, 0.717) is 18.3 Å². The number of rotatable bonds is 6. The van der Waals surface area contributed by atoms with Crippen molar-refractivity contribution in [3.63, 3.8) is 0 Å². The van der Waals surface area contributed by atoms with E-state index in [0.717, 1.165) is 24.2 Å². The average Bonchev–Trinajstić information content (AvgIpc) is 3.04. The van der Waals surface area contributed by atoms with Crippen molar-refractivity contribution in [2.24, 2.45) is 11.8 Å². The van der Waals surface area contributed by atoms with Crippen LogP contribution < -0.4 is 14.8 Å². The van der Waals surface area contributed by atoms with Gasteiger partial charge in [-0.2, -0.15) is 0 Å². The monoisotopic (exact) mass is 401 g/mol. The maximum absolute atomic E-state index is 13.1. The van der Waals surface area contributed by atoms with E-state index in [-0.39, 0.29) is 23.4 Å². The van der Waals surface area contributed by atoms with Gasteiger partial charge < -0.3 is 14.8 Å². The Kier molecular flexibility index (Phi) is 6.70. The normalized spacial score (nSPS) is 19.0. The highest BCUT2D eigenvalue weighted by molar-refractivity contribution is 5.96. The maximum Gasteiger partial charge on any atom is 0.235 e. The van der Waals surface area contributed by atoms with Crippen LogP contribution in [-0.4, -0.2) is 43.1 Å². The highest BCUT2D eigenvalue weighted by atomic mass is 16.5. The molecule has 6 nitrogen and oxygen atoms in total. The van der Waals surface area contributed by atoms with Crippen molar-refractivity contribution in [3.8, 4) is 11.5 Å².